The number of aromatic nitrogens is 4. The predicted molar refractivity (Wildman–Crippen MR) is 126 cm³/mol. The van der Waals surface area contributed by atoms with Crippen molar-refractivity contribution in [1.29, 1.82) is 0 Å². The molecular weight excluding hydrogens is 424 g/mol. The van der Waals surface area contributed by atoms with Crippen LogP contribution in [0.2, 0.25) is 0 Å². The zero-order valence-electron chi connectivity index (χ0n) is 17.5. The average Bonchev–Trinajstić information content (AvgIpc) is 3.24. The van der Waals surface area contributed by atoms with Crippen LogP contribution >= 0.6 is 0 Å². The van der Waals surface area contributed by atoms with Gasteiger partial charge in [-0.3, -0.25) is 0 Å². The van der Waals surface area contributed by atoms with Gasteiger partial charge in [-0.15, -0.1) is 0 Å². The molecule has 0 amide bonds. The topological polar surface area (TPSA) is 93.0 Å². The predicted octanol–water partition coefficient (Wildman–Crippen LogP) is 4.03. The second-order valence-corrected chi connectivity index (χ2v) is 9.32. The molecule has 0 aliphatic heterocycles. The molecule has 1 N–H and O–H groups in total. The number of hydrogen-bond donors (Lipinski definition) is 1. The van der Waals surface area contributed by atoms with Crippen LogP contribution in [-0.4, -0.2) is 41.4 Å². The van der Waals surface area contributed by atoms with Gasteiger partial charge in [0.1, 0.15) is 18.0 Å². The number of benzene rings is 2. The van der Waals surface area contributed by atoms with Crippen LogP contribution in [0.1, 0.15) is 0 Å². The van der Waals surface area contributed by atoms with Crippen molar-refractivity contribution in [3.63, 3.8) is 0 Å². The molecule has 0 aliphatic carbocycles. The van der Waals surface area contributed by atoms with Crippen molar-refractivity contribution in [3.8, 4) is 0 Å². The fourth-order valence-electron chi connectivity index (χ4n) is 3.54. The van der Waals surface area contributed by atoms with Gasteiger partial charge in [-0.1, -0.05) is 18.2 Å². The van der Waals surface area contributed by atoms with Gasteiger partial charge in [0, 0.05) is 36.8 Å². The monoisotopic (exact) mass is 444 g/mol. The van der Waals surface area contributed by atoms with Gasteiger partial charge >= 0.3 is 0 Å². The lowest BCUT2D eigenvalue weighted by Crippen LogP contribution is -2.11. The maximum Gasteiger partial charge on any atom is 0.268 e. The Kier molecular flexibility index (Phi) is 4.75. The Bertz CT molecular complexity index is 1550. The second kappa shape index (κ2) is 7.61. The molecular formula is C23H20N6O2S. The summed E-state index contributed by atoms with van der Waals surface area (Å²) in [4.78, 5) is 15.2. The minimum atomic E-state index is -3.67. The van der Waals surface area contributed by atoms with E-state index in [2.05, 4.69) is 20.3 Å². The highest BCUT2D eigenvalue weighted by atomic mass is 32.2. The third-order valence-corrected chi connectivity index (χ3v) is 6.89. The molecule has 0 radical (unpaired) electrons. The highest BCUT2D eigenvalue weighted by Crippen LogP contribution is 2.29. The van der Waals surface area contributed by atoms with Gasteiger partial charge in [0.15, 0.2) is 0 Å². The van der Waals surface area contributed by atoms with Crippen molar-refractivity contribution in [2.75, 3.05) is 24.3 Å². The van der Waals surface area contributed by atoms with E-state index < -0.39 is 10.0 Å². The summed E-state index contributed by atoms with van der Waals surface area (Å²) >= 11 is 0. The fraction of sp³-hybridized carbons (Fsp3) is 0.0870. The number of nitrogens with zero attached hydrogens (tertiary/aromatic N) is 5. The van der Waals surface area contributed by atoms with Gasteiger partial charge in [-0.05, 0) is 42.5 Å². The smallest absolute Gasteiger partial charge is 0.268 e. The van der Waals surface area contributed by atoms with Gasteiger partial charge in [0.05, 0.1) is 22.1 Å². The summed E-state index contributed by atoms with van der Waals surface area (Å²) in [5, 5.41) is 4.97. The van der Waals surface area contributed by atoms with Crippen molar-refractivity contribution in [3.05, 3.63) is 79.4 Å². The van der Waals surface area contributed by atoms with Crippen molar-refractivity contribution in [2.24, 2.45) is 0 Å². The average molecular weight is 445 g/mol. The van der Waals surface area contributed by atoms with Crippen LogP contribution in [0, 0.1) is 0 Å². The molecule has 8 nitrogen and oxygen atoms in total. The van der Waals surface area contributed by atoms with E-state index in [1.165, 1.54) is 10.3 Å². The van der Waals surface area contributed by atoms with E-state index in [9.17, 15) is 8.42 Å². The highest BCUT2D eigenvalue weighted by molar-refractivity contribution is 7.90. The maximum absolute atomic E-state index is 13.0. The van der Waals surface area contributed by atoms with Crippen molar-refractivity contribution in [1.82, 2.24) is 18.9 Å². The number of rotatable bonds is 5. The summed E-state index contributed by atoms with van der Waals surface area (Å²) in [6.45, 7) is 0. The second-order valence-electron chi connectivity index (χ2n) is 7.50. The van der Waals surface area contributed by atoms with E-state index in [4.69, 9.17) is 0 Å². The number of anilines is 3. The summed E-state index contributed by atoms with van der Waals surface area (Å²) in [5.41, 5.74) is 2.12. The molecule has 0 unspecified atom stereocenters. The quantitative estimate of drug-likeness (QED) is 0.437. The lowest BCUT2D eigenvalue weighted by atomic mass is 10.2. The molecule has 0 atom stereocenters. The number of pyridine rings is 1. The zero-order chi connectivity index (χ0) is 22.3. The van der Waals surface area contributed by atoms with Gasteiger partial charge in [-0.2, -0.15) is 0 Å². The zero-order valence-corrected chi connectivity index (χ0v) is 18.3. The van der Waals surface area contributed by atoms with E-state index in [0.29, 0.717) is 11.3 Å². The van der Waals surface area contributed by atoms with Crippen LogP contribution in [0.25, 0.3) is 21.8 Å². The standard InChI is InChI=1S/C23H20N6O2S/c1-28(2)22-13-19-20(14-24-22)25-15-26-23(19)27-17-8-9-21-16(12-17)10-11-29(21)32(30,31)18-6-4-3-5-7-18/h3-15H,1-2H3,(H,25,26,27). The molecule has 3 aromatic heterocycles. The first kappa shape index (κ1) is 20.0. The molecule has 160 valence electrons. The van der Waals surface area contributed by atoms with Gasteiger partial charge < -0.3 is 10.2 Å². The molecule has 5 aromatic rings. The van der Waals surface area contributed by atoms with E-state index in [-0.39, 0.29) is 4.90 Å². The number of fused-ring (bicyclic) bond motifs is 2. The molecule has 9 heteroatoms. The summed E-state index contributed by atoms with van der Waals surface area (Å²) in [6, 6.07) is 17.6. The van der Waals surface area contributed by atoms with Crippen LogP contribution in [-0.2, 0) is 10.0 Å². The third-order valence-electron chi connectivity index (χ3n) is 5.18. The van der Waals surface area contributed by atoms with Gasteiger partial charge in [-0.25, -0.2) is 27.3 Å². The van der Waals surface area contributed by atoms with Crippen molar-refractivity contribution < 1.29 is 8.42 Å². The first-order chi connectivity index (χ1) is 15.4. The molecule has 0 fully saturated rings. The van der Waals surface area contributed by atoms with Crippen LogP contribution < -0.4 is 10.2 Å². The molecule has 0 aliphatic rings. The van der Waals surface area contributed by atoms with Crippen LogP contribution in [0.15, 0.2) is 84.3 Å². The van der Waals surface area contributed by atoms with E-state index in [1.54, 1.807) is 54.9 Å². The Morgan fingerprint density at radius 2 is 1.75 bits per heavy atom. The summed E-state index contributed by atoms with van der Waals surface area (Å²) in [6.07, 6.45) is 4.78. The van der Waals surface area contributed by atoms with E-state index in [1.807, 2.05) is 37.2 Å². The molecule has 0 saturated carbocycles. The first-order valence-electron chi connectivity index (χ1n) is 9.90. The Morgan fingerprint density at radius 1 is 0.938 bits per heavy atom. The van der Waals surface area contributed by atoms with Crippen LogP contribution in [0.4, 0.5) is 17.3 Å². The molecule has 0 saturated heterocycles. The highest BCUT2D eigenvalue weighted by Gasteiger charge is 2.18. The molecule has 3 heterocycles. The molecule has 5 rings (SSSR count). The normalized spacial score (nSPS) is 11.7. The summed E-state index contributed by atoms with van der Waals surface area (Å²) in [7, 11) is 0.176. The Balaban J connectivity index is 1.53. The minimum Gasteiger partial charge on any atom is -0.363 e. The molecule has 32 heavy (non-hydrogen) atoms. The van der Waals surface area contributed by atoms with E-state index >= 15 is 0 Å². The Labute approximate surface area is 185 Å². The number of nitrogens with one attached hydrogen (secondary N) is 1. The lowest BCUT2D eigenvalue weighted by molar-refractivity contribution is 0.589. The summed E-state index contributed by atoms with van der Waals surface area (Å²) in [5.74, 6) is 1.45. The Hall–Kier alpha value is -3.98. The number of hydrogen-bond acceptors (Lipinski definition) is 7. The van der Waals surface area contributed by atoms with Gasteiger partial charge in [0.2, 0.25) is 0 Å². The lowest BCUT2D eigenvalue weighted by Gasteiger charge is -2.13. The van der Waals surface area contributed by atoms with Crippen molar-refractivity contribution >= 4 is 49.2 Å². The third kappa shape index (κ3) is 3.42. The van der Waals surface area contributed by atoms with Crippen LogP contribution in [0.5, 0.6) is 0 Å². The van der Waals surface area contributed by atoms with E-state index in [0.717, 1.165) is 27.8 Å². The maximum atomic E-state index is 13.0. The minimum absolute atomic E-state index is 0.248. The molecule has 0 bridgehead atoms. The summed E-state index contributed by atoms with van der Waals surface area (Å²) < 4.78 is 27.4. The Morgan fingerprint density at radius 3 is 2.53 bits per heavy atom. The first-order valence-corrected chi connectivity index (χ1v) is 11.3. The fourth-order valence-corrected chi connectivity index (χ4v) is 4.91. The molecule has 0 spiro atoms. The molecule has 2 aromatic carbocycles. The van der Waals surface area contributed by atoms with Gasteiger partial charge in [0.25, 0.3) is 10.0 Å². The van der Waals surface area contributed by atoms with Crippen LogP contribution in [0.3, 0.4) is 0 Å². The van der Waals surface area contributed by atoms with Crippen molar-refractivity contribution in [2.45, 2.75) is 4.90 Å². The SMILES string of the molecule is CN(C)c1cc2c(Nc3ccc4c(ccn4S(=O)(=O)c4ccccc4)c3)ncnc2cn1. The largest absolute Gasteiger partial charge is 0.363 e.